The topological polar surface area (TPSA) is 110 Å². The highest BCUT2D eigenvalue weighted by atomic mass is 32.1. The fraction of sp³-hybridized carbons (Fsp3) is 0.118. The molecule has 4 amide bonds. The van der Waals surface area contributed by atoms with Crippen LogP contribution < -0.4 is 5.32 Å². The van der Waals surface area contributed by atoms with E-state index in [1.165, 1.54) is 12.1 Å². The molecule has 0 radical (unpaired) electrons. The maximum atomic E-state index is 12.1. The molecule has 0 bridgehead atoms. The smallest absolute Gasteiger partial charge is 0.326 e. The molecular weight excluding hydrogens is 360 g/mol. The summed E-state index contributed by atoms with van der Waals surface area (Å²) < 4.78 is 4.73. The lowest BCUT2D eigenvalue weighted by Crippen LogP contribution is -2.38. The van der Waals surface area contributed by atoms with E-state index in [0.29, 0.717) is 4.88 Å². The third-order valence-corrected chi connectivity index (χ3v) is 4.40. The Kier molecular flexibility index (Phi) is 4.90. The van der Waals surface area contributed by atoms with Crippen molar-refractivity contribution in [1.82, 2.24) is 10.2 Å². The van der Waals surface area contributed by atoms with Gasteiger partial charge >= 0.3 is 5.97 Å². The van der Waals surface area contributed by atoms with Gasteiger partial charge in [-0.2, -0.15) is 0 Å². The summed E-state index contributed by atoms with van der Waals surface area (Å²) in [5.41, 5.74) is 0.425. The van der Waals surface area contributed by atoms with Crippen molar-refractivity contribution in [2.75, 3.05) is 13.2 Å². The van der Waals surface area contributed by atoms with Crippen molar-refractivity contribution in [1.29, 1.82) is 0 Å². The Bertz CT molecular complexity index is 871. The van der Waals surface area contributed by atoms with Gasteiger partial charge in [0.1, 0.15) is 6.54 Å². The molecule has 0 unspecified atom stereocenters. The molecule has 0 spiro atoms. The van der Waals surface area contributed by atoms with E-state index in [4.69, 9.17) is 4.74 Å². The minimum absolute atomic E-state index is 0.213. The number of benzene rings is 1. The van der Waals surface area contributed by atoms with E-state index in [-0.39, 0.29) is 11.1 Å². The number of thiophene rings is 1. The van der Waals surface area contributed by atoms with Crippen molar-refractivity contribution in [3.05, 3.63) is 57.8 Å². The van der Waals surface area contributed by atoms with Gasteiger partial charge in [-0.3, -0.25) is 34.2 Å². The zero-order chi connectivity index (χ0) is 18.7. The van der Waals surface area contributed by atoms with Gasteiger partial charge in [0, 0.05) is 0 Å². The number of esters is 1. The highest BCUT2D eigenvalue weighted by Gasteiger charge is 2.36. The molecule has 8 nitrogen and oxygen atoms in total. The van der Waals surface area contributed by atoms with Gasteiger partial charge in [-0.15, -0.1) is 11.3 Å². The SMILES string of the molecule is O=C(COC(=O)CN1C(=O)c2ccccc2C1=O)NC(=O)c1cccs1. The van der Waals surface area contributed by atoms with Crippen LogP contribution in [0, 0.1) is 0 Å². The van der Waals surface area contributed by atoms with Gasteiger partial charge in [0.25, 0.3) is 23.6 Å². The maximum absolute atomic E-state index is 12.1. The van der Waals surface area contributed by atoms with Gasteiger partial charge in [0.2, 0.25) is 0 Å². The largest absolute Gasteiger partial charge is 0.454 e. The first-order valence-electron chi connectivity index (χ1n) is 7.46. The van der Waals surface area contributed by atoms with Crippen LogP contribution in [-0.4, -0.2) is 47.6 Å². The summed E-state index contributed by atoms with van der Waals surface area (Å²) >= 11 is 1.16. The first-order chi connectivity index (χ1) is 12.5. The summed E-state index contributed by atoms with van der Waals surface area (Å²) in [6.45, 7) is -1.31. The highest BCUT2D eigenvalue weighted by Crippen LogP contribution is 2.22. The second-order valence-electron chi connectivity index (χ2n) is 5.26. The van der Waals surface area contributed by atoms with E-state index in [0.717, 1.165) is 16.2 Å². The van der Waals surface area contributed by atoms with Crippen LogP contribution in [0.4, 0.5) is 0 Å². The molecule has 132 valence electrons. The van der Waals surface area contributed by atoms with Gasteiger partial charge in [0.15, 0.2) is 6.61 Å². The predicted molar refractivity (Wildman–Crippen MR) is 89.6 cm³/mol. The summed E-state index contributed by atoms with van der Waals surface area (Å²) in [6, 6.07) is 9.41. The number of nitrogens with one attached hydrogen (secondary N) is 1. The lowest BCUT2D eigenvalue weighted by molar-refractivity contribution is -0.148. The van der Waals surface area contributed by atoms with Crippen molar-refractivity contribution >= 4 is 40.9 Å². The molecule has 0 aliphatic carbocycles. The standard InChI is InChI=1S/C17H12N2O6S/c20-13(18-15(22)12-6-3-7-26-12)9-25-14(21)8-19-16(23)10-4-1-2-5-11(10)17(19)24/h1-7H,8-9H2,(H,18,20,22). The molecule has 2 heterocycles. The van der Waals surface area contributed by atoms with E-state index < -0.39 is 42.7 Å². The Labute approximate surface area is 151 Å². The fourth-order valence-electron chi connectivity index (χ4n) is 2.34. The maximum Gasteiger partial charge on any atom is 0.326 e. The number of fused-ring (bicyclic) bond motifs is 1. The number of imide groups is 2. The van der Waals surface area contributed by atoms with Crippen LogP contribution in [0.1, 0.15) is 30.4 Å². The van der Waals surface area contributed by atoms with Gasteiger partial charge in [-0.1, -0.05) is 18.2 Å². The van der Waals surface area contributed by atoms with E-state index in [2.05, 4.69) is 5.32 Å². The van der Waals surface area contributed by atoms with E-state index in [1.807, 2.05) is 0 Å². The predicted octanol–water partition coefficient (Wildman–Crippen LogP) is 0.844. The summed E-state index contributed by atoms with van der Waals surface area (Å²) in [6.07, 6.45) is 0. The van der Waals surface area contributed by atoms with Crippen LogP contribution in [0.15, 0.2) is 41.8 Å². The molecule has 1 aromatic heterocycles. The minimum Gasteiger partial charge on any atom is -0.454 e. The molecule has 1 aliphatic rings. The number of amides is 4. The minimum atomic E-state index is -0.932. The molecule has 1 N–H and O–H groups in total. The summed E-state index contributed by atoms with van der Waals surface area (Å²) in [7, 11) is 0. The Morgan fingerprint density at radius 2 is 1.65 bits per heavy atom. The lowest BCUT2D eigenvalue weighted by Gasteiger charge is -2.12. The Morgan fingerprint density at radius 3 is 2.23 bits per heavy atom. The van der Waals surface area contributed by atoms with E-state index in [1.54, 1.807) is 29.6 Å². The molecule has 0 fully saturated rings. The quantitative estimate of drug-likeness (QED) is 0.615. The number of carbonyl (C=O) groups excluding carboxylic acids is 5. The van der Waals surface area contributed by atoms with Crippen LogP contribution in [-0.2, 0) is 14.3 Å². The number of rotatable bonds is 5. The third kappa shape index (κ3) is 3.52. The van der Waals surface area contributed by atoms with E-state index in [9.17, 15) is 24.0 Å². The van der Waals surface area contributed by atoms with Gasteiger partial charge in [0.05, 0.1) is 16.0 Å². The van der Waals surface area contributed by atoms with Crippen LogP contribution >= 0.6 is 11.3 Å². The van der Waals surface area contributed by atoms with Crippen LogP contribution in [0.5, 0.6) is 0 Å². The van der Waals surface area contributed by atoms with Gasteiger partial charge < -0.3 is 4.74 Å². The normalized spacial score (nSPS) is 12.7. The number of carbonyl (C=O) groups is 5. The Morgan fingerprint density at radius 1 is 1.00 bits per heavy atom. The molecule has 0 saturated carbocycles. The van der Waals surface area contributed by atoms with Crippen molar-refractivity contribution in [3.8, 4) is 0 Å². The fourth-order valence-corrected chi connectivity index (χ4v) is 2.95. The Hall–Kier alpha value is -3.33. The monoisotopic (exact) mass is 372 g/mol. The first kappa shape index (κ1) is 17.5. The molecule has 2 aromatic rings. The molecule has 0 saturated heterocycles. The van der Waals surface area contributed by atoms with Crippen molar-refractivity contribution in [3.63, 3.8) is 0 Å². The van der Waals surface area contributed by atoms with Crippen molar-refractivity contribution < 1.29 is 28.7 Å². The zero-order valence-corrected chi connectivity index (χ0v) is 14.1. The zero-order valence-electron chi connectivity index (χ0n) is 13.3. The average Bonchev–Trinajstić information content (AvgIpc) is 3.24. The summed E-state index contributed by atoms with van der Waals surface area (Å²) in [5.74, 6) is -3.53. The number of nitrogens with zero attached hydrogens (tertiary/aromatic N) is 1. The summed E-state index contributed by atoms with van der Waals surface area (Å²) in [5, 5.41) is 3.75. The van der Waals surface area contributed by atoms with Gasteiger partial charge in [-0.05, 0) is 23.6 Å². The number of hydrogen-bond acceptors (Lipinski definition) is 7. The molecule has 1 aromatic carbocycles. The van der Waals surface area contributed by atoms with Crippen LogP contribution in [0.3, 0.4) is 0 Å². The summed E-state index contributed by atoms with van der Waals surface area (Å²) in [4.78, 5) is 60.5. The molecule has 9 heteroatoms. The molecule has 26 heavy (non-hydrogen) atoms. The van der Waals surface area contributed by atoms with Crippen molar-refractivity contribution in [2.24, 2.45) is 0 Å². The lowest BCUT2D eigenvalue weighted by atomic mass is 10.1. The van der Waals surface area contributed by atoms with E-state index >= 15 is 0 Å². The number of hydrogen-bond donors (Lipinski definition) is 1. The van der Waals surface area contributed by atoms with Crippen molar-refractivity contribution in [2.45, 2.75) is 0 Å². The van der Waals surface area contributed by atoms with Crippen LogP contribution in [0.2, 0.25) is 0 Å². The second-order valence-corrected chi connectivity index (χ2v) is 6.21. The number of ether oxygens (including phenoxy) is 1. The Balaban J connectivity index is 1.50. The average molecular weight is 372 g/mol. The van der Waals surface area contributed by atoms with Gasteiger partial charge in [-0.25, -0.2) is 0 Å². The first-order valence-corrected chi connectivity index (χ1v) is 8.34. The van der Waals surface area contributed by atoms with Crippen LogP contribution in [0.25, 0.3) is 0 Å². The molecule has 1 aliphatic heterocycles. The highest BCUT2D eigenvalue weighted by molar-refractivity contribution is 7.12. The molecule has 0 atom stereocenters. The molecule has 3 rings (SSSR count). The third-order valence-electron chi connectivity index (χ3n) is 3.53. The second kappa shape index (κ2) is 7.28. The molecular formula is C17H12N2O6S.